The number of nitrogens with one attached hydrogen (secondary N) is 1. The van der Waals surface area contributed by atoms with Crippen molar-refractivity contribution in [3.05, 3.63) is 89.7 Å². The summed E-state index contributed by atoms with van der Waals surface area (Å²) in [6.07, 6.45) is 3.25. The maximum absolute atomic E-state index is 13.8. The van der Waals surface area contributed by atoms with Gasteiger partial charge in [0.2, 0.25) is 5.91 Å². The number of hydrogen-bond acceptors (Lipinski definition) is 2. The molecule has 40 heavy (non-hydrogen) atoms. The minimum atomic E-state index is -4.83. The van der Waals surface area contributed by atoms with Gasteiger partial charge in [-0.15, -0.1) is 0 Å². The summed E-state index contributed by atoms with van der Waals surface area (Å²) < 4.78 is 53.6. The molecule has 0 bridgehead atoms. The fourth-order valence-electron chi connectivity index (χ4n) is 6.41. The van der Waals surface area contributed by atoms with E-state index in [1.807, 2.05) is 18.2 Å². The van der Waals surface area contributed by atoms with Crippen LogP contribution in [0.4, 0.5) is 23.2 Å². The maximum Gasteiger partial charge on any atom is 0.419 e. The second-order valence-corrected chi connectivity index (χ2v) is 11.2. The topological polar surface area (TPSA) is 32.3 Å². The highest BCUT2D eigenvalue weighted by atomic mass is 19.4. The van der Waals surface area contributed by atoms with Crippen molar-refractivity contribution in [1.82, 2.24) is 4.90 Å². The van der Waals surface area contributed by atoms with E-state index in [2.05, 4.69) is 46.6 Å². The van der Waals surface area contributed by atoms with Crippen LogP contribution in [0.2, 0.25) is 0 Å². The number of rotatable bonds is 8. The highest BCUT2D eigenvalue weighted by Crippen LogP contribution is 2.35. The molecule has 3 nitrogen and oxygen atoms in total. The summed E-state index contributed by atoms with van der Waals surface area (Å²) in [5.74, 6) is -1.84. The molecule has 1 amide bonds. The summed E-state index contributed by atoms with van der Waals surface area (Å²) in [5, 5.41) is 2.69. The highest BCUT2D eigenvalue weighted by molar-refractivity contribution is 5.92. The largest absolute Gasteiger partial charge is 0.419 e. The van der Waals surface area contributed by atoms with Crippen molar-refractivity contribution in [3.8, 4) is 11.1 Å². The molecule has 5 rings (SSSR count). The summed E-state index contributed by atoms with van der Waals surface area (Å²) in [7, 11) is 0. The predicted molar refractivity (Wildman–Crippen MR) is 150 cm³/mol. The Morgan fingerprint density at radius 1 is 0.875 bits per heavy atom. The van der Waals surface area contributed by atoms with Crippen LogP contribution in [-0.4, -0.2) is 29.9 Å². The summed E-state index contributed by atoms with van der Waals surface area (Å²) in [4.78, 5) is 16.1. The lowest BCUT2D eigenvalue weighted by molar-refractivity contribution is -0.140. The van der Waals surface area contributed by atoms with Gasteiger partial charge in [-0.2, -0.15) is 13.2 Å². The molecule has 1 unspecified atom stereocenters. The second kappa shape index (κ2) is 12.5. The molecule has 1 aliphatic carbocycles. The molecule has 3 aromatic rings. The van der Waals surface area contributed by atoms with Crippen molar-refractivity contribution < 1.29 is 22.4 Å². The molecule has 3 aromatic carbocycles. The quantitative estimate of drug-likeness (QED) is 0.285. The Kier molecular flexibility index (Phi) is 8.89. The second-order valence-electron chi connectivity index (χ2n) is 11.2. The van der Waals surface area contributed by atoms with Crippen LogP contribution in [0, 0.1) is 17.7 Å². The van der Waals surface area contributed by atoms with E-state index < -0.39 is 17.6 Å². The molecule has 1 saturated heterocycles. The fraction of sp³-hybridized carbons (Fsp3) is 0.424. The van der Waals surface area contributed by atoms with E-state index in [0.717, 1.165) is 48.7 Å². The number of likely N-dealkylation sites (tertiary alicyclic amines) is 1. The molecule has 1 N–H and O–H groups in total. The van der Waals surface area contributed by atoms with Gasteiger partial charge in [0.1, 0.15) is 5.82 Å². The number of anilines is 1. The van der Waals surface area contributed by atoms with E-state index in [9.17, 15) is 22.4 Å². The smallest absolute Gasteiger partial charge is 0.326 e. The zero-order valence-corrected chi connectivity index (χ0v) is 22.6. The summed E-state index contributed by atoms with van der Waals surface area (Å²) in [6.45, 7) is 1.89. The number of amides is 1. The number of alkyl halides is 3. The van der Waals surface area contributed by atoms with Crippen molar-refractivity contribution in [3.63, 3.8) is 0 Å². The molecule has 2 aliphatic rings. The van der Waals surface area contributed by atoms with Crippen LogP contribution >= 0.6 is 0 Å². The number of aryl methyl sites for hydroxylation is 1. The molecule has 7 heteroatoms. The molecule has 0 aromatic heterocycles. The number of carbonyl (C=O) groups excluding carboxylic acids is 1. The first-order chi connectivity index (χ1) is 19.3. The third-order valence-corrected chi connectivity index (χ3v) is 8.67. The third-order valence-electron chi connectivity index (χ3n) is 8.67. The van der Waals surface area contributed by atoms with Gasteiger partial charge < -0.3 is 10.2 Å². The van der Waals surface area contributed by atoms with Gasteiger partial charge in [-0.1, -0.05) is 67.4 Å². The summed E-state index contributed by atoms with van der Waals surface area (Å²) in [5.41, 5.74) is 1.97. The zero-order chi connectivity index (χ0) is 28.1. The van der Waals surface area contributed by atoms with Gasteiger partial charge in [0.05, 0.1) is 5.56 Å². The fourth-order valence-corrected chi connectivity index (χ4v) is 6.41. The number of nitrogens with zero attached hydrogens (tertiary/aromatic N) is 1. The van der Waals surface area contributed by atoms with Crippen LogP contribution < -0.4 is 5.32 Å². The zero-order valence-electron chi connectivity index (χ0n) is 22.6. The maximum atomic E-state index is 13.8. The molecular weight excluding hydrogens is 516 g/mol. The van der Waals surface area contributed by atoms with Crippen LogP contribution in [0.5, 0.6) is 0 Å². The van der Waals surface area contributed by atoms with Crippen molar-refractivity contribution in [2.45, 2.75) is 63.6 Å². The van der Waals surface area contributed by atoms with Crippen molar-refractivity contribution in [2.24, 2.45) is 11.8 Å². The number of benzene rings is 3. The van der Waals surface area contributed by atoms with E-state index in [4.69, 9.17) is 0 Å². The molecular formula is C33H36F4N2O. The minimum absolute atomic E-state index is 0.0284. The monoisotopic (exact) mass is 552 g/mol. The molecule has 1 atom stereocenters. The number of piperidine rings is 1. The third kappa shape index (κ3) is 6.92. The normalized spacial score (nSPS) is 18.1. The van der Waals surface area contributed by atoms with E-state index >= 15 is 0 Å². The lowest BCUT2D eigenvalue weighted by Gasteiger charge is -2.38. The first-order valence-corrected chi connectivity index (χ1v) is 14.3. The Labute approximate surface area is 233 Å². The highest BCUT2D eigenvalue weighted by Gasteiger charge is 2.36. The Morgan fingerprint density at radius 3 is 2.17 bits per heavy atom. The summed E-state index contributed by atoms with van der Waals surface area (Å²) >= 11 is 0. The van der Waals surface area contributed by atoms with Crippen molar-refractivity contribution in [2.75, 3.05) is 18.4 Å². The standard InChI is InChI=1S/C33H36F4N2O/c34-31-17-15-27(22-30(31)33(35,36)37)38-32(40)29(26-18-20-39(21-19-26)28-8-4-5-9-28)16-12-23-10-13-25(14-11-23)24-6-2-1-3-7-24/h1-3,6-7,10-11,13-15,17,22,26,28-29H,4-5,8-9,12,16,18-21H2,(H,38,40). The van der Waals surface area contributed by atoms with Crippen molar-refractivity contribution in [1.29, 1.82) is 0 Å². The Bertz CT molecular complexity index is 1260. The predicted octanol–water partition coefficient (Wildman–Crippen LogP) is 8.35. The van der Waals surface area contributed by atoms with Crippen LogP contribution in [-0.2, 0) is 17.4 Å². The molecule has 0 spiro atoms. The van der Waals surface area contributed by atoms with Gasteiger partial charge in [-0.25, -0.2) is 4.39 Å². The van der Waals surface area contributed by atoms with Gasteiger partial charge in [0, 0.05) is 17.6 Å². The number of carbonyl (C=O) groups is 1. The van der Waals surface area contributed by atoms with Gasteiger partial charge >= 0.3 is 6.18 Å². The molecule has 0 radical (unpaired) electrons. The van der Waals surface area contributed by atoms with Gasteiger partial charge in [0.15, 0.2) is 0 Å². The average Bonchev–Trinajstić information content (AvgIpc) is 3.50. The molecule has 1 saturated carbocycles. The Balaban J connectivity index is 1.29. The van der Waals surface area contributed by atoms with E-state index in [0.29, 0.717) is 24.9 Å². The van der Waals surface area contributed by atoms with Gasteiger partial charge in [-0.05, 0) is 92.4 Å². The number of hydrogen-bond donors (Lipinski definition) is 1. The van der Waals surface area contributed by atoms with Crippen LogP contribution in [0.15, 0.2) is 72.8 Å². The molecule has 212 valence electrons. The van der Waals surface area contributed by atoms with Gasteiger partial charge in [-0.3, -0.25) is 4.79 Å². The van der Waals surface area contributed by atoms with E-state index in [1.165, 1.54) is 31.7 Å². The molecule has 2 fully saturated rings. The minimum Gasteiger partial charge on any atom is -0.326 e. The Hall–Kier alpha value is -3.19. The van der Waals surface area contributed by atoms with Gasteiger partial charge in [0.25, 0.3) is 0 Å². The van der Waals surface area contributed by atoms with E-state index in [1.54, 1.807) is 0 Å². The van der Waals surface area contributed by atoms with E-state index in [-0.39, 0.29) is 23.4 Å². The van der Waals surface area contributed by atoms with Crippen LogP contribution in [0.25, 0.3) is 11.1 Å². The SMILES string of the molecule is O=C(Nc1ccc(F)c(C(F)(F)F)c1)C(CCc1ccc(-c2ccccc2)cc1)C1CCN(C2CCCC2)CC1. The lowest BCUT2D eigenvalue weighted by atomic mass is 9.80. The number of halogens is 4. The van der Waals surface area contributed by atoms with Crippen LogP contribution in [0.3, 0.4) is 0 Å². The van der Waals surface area contributed by atoms with Crippen LogP contribution in [0.1, 0.15) is 56.1 Å². The summed E-state index contributed by atoms with van der Waals surface area (Å²) in [6, 6.07) is 21.7. The molecule has 1 heterocycles. The average molecular weight is 553 g/mol. The lowest BCUT2D eigenvalue weighted by Crippen LogP contribution is -2.43. The molecule has 1 aliphatic heterocycles. The first kappa shape index (κ1) is 28.3. The van der Waals surface area contributed by atoms with Crippen molar-refractivity contribution >= 4 is 11.6 Å². The first-order valence-electron chi connectivity index (χ1n) is 14.3. The Morgan fingerprint density at radius 2 is 1.52 bits per heavy atom.